The van der Waals surface area contributed by atoms with E-state index in [1.54, 1.807) is 11.3 Å². The second-order valence-electron chi connectivity index (χ2n) is 6.52. The topological polar surface area (TPSA) is 65.5 Å². The summed E-state index contributed by atoms with van der Waals surface area (Å²) in [6.07, 6.45) is 2.89. The van der Waals surface area contributed by atoms with Crippen molar-refractivity contribution in [2.75, 3.05) is 18.0 Å². The van der Waals surface area contributed by atoms with Crippen molar-refractivity contribution in [2.45, 2.75) is 37.8 Å². The monoisotopic (exact) mass is 331 g/mol. The van der Waals surface area contributed by atoms with Crippen LogP contribution in [-0.4, -0.2) is 41.2 Å². The van der Waals surface area contributed by atoms with Crippen molar-refractivity contribution >= 4 is 32.6 Å². The first-order valence-corrected chi connectivity index (χ1v) is 9.11. The van der Waals surface area contributed by atoms with Gasteiger partial charge in [0, 0.05) is 19.1 Å². The number of aromatic nitrogens is 1. The Hall–Kier alpha value is -1.66. The number of hydrogen-bond acceptors (Lipinski definition) is 5. The minimum absolute atomic E-state index is 0.0550. The van der Waals surface area contributed by atoms with E-state index in [-0.39, 0.29) is 11.8 Å². The molecule has 1 aromatic heterocycles. The van der Waals surface area contributed by atoms with E-state index in [4.69, 9.17) is 4.98 Å². The predicted octanol–water partition coefficient (Wildman–Crippen LogP) is 2.15. The molecule has 1 saturated carbocycles. The van der Waals surface area contributed by atoms with E-state index in [0.29, 0.717) is 6.04 Å². The molecule has 5 nitrogen and oxygen atoms in total. The van der Waals surface area contributed by atoms with Crippen LogP contribution in [0.2, 0.25) is 0 Å². The Bertz CT molecular complexity index is 672. The van der Waals surface area contributed by atoms with Gasteiger partial charge in [-0.2, -0.15) is 0 Å². The first-order chi connectivity index (χ1) is 11.2. The molecule has 1 amide bonds. The van der Waals surface area contributed by atoms with Crippen LogP contribution in [0.15, 0.2) is 24.3 Å². The maximum atomic E-state index is 12.0. The molecule has 2 fully saturated rings. The number of piperidine rings is 1. The second-order valence-corrected chi connectivity index (χ2v) is 7.53. The molecule has 0 bridgehead atoms. The summed E-state index contributed by atoms with van der Waals surface area (Å²) in [5.74, 6) is -0.134. The molecule has 2 N–H and O–H groups in total. The van der Waals surface area contributed by atoms with Crippen LogP contribution in [0, 0.1) is 5.92 Å². The Morgan fingerprint density at radius 2 is 2.00 bits per heavy atom. The molecule has 0 radical (unpaired) electrons. The number of amides is 1. The molecule has 2 aliphatic rings. The number of nitrogens with zero attached hydrogens (tertiary/aromatic N) is 2. The van der Waals surface area contributed by atoms with Crippen molar-refractivity contribution < 1.29 is 9.90 Å². The first-order valence-electron chi connectivity index (χ1n) is 8.29. The third-order valence-corrected chi connectivity index (χ3v) is 5.83. The molecule has 4 rings (SSSR count). The highest BCUT2D eigenvalue weighted by atomic mass is 32.1. The lowest BCUT2D eigenvalue weighted by Gasteiger charge is -2.33. The van der Waals surface area contributed by atoms with Gasteiger partial charge in [0.1, 0.15) is 6.10 Å². The summed E-state index contributed by atoms with van der Waals surface area (Å²) in [5, 5.41) is 14.2. The zero-order chi connectivity index (χ0) is 15.8. The molecule has 0 spiro atoms. The fourth-order valence-electron chi connectivity index (χ4n) is 3.13. The SMILES string of the molecule is O=C(NC1CC1)[C@@H](O)C1CCN(c2nc3ccccc3s2)CC1. The fourth-order valence-corrected chi connectivity index (χ4v) is 4.15. The number of fused-ring (bicyclic) bond motifs is 1. The number of hydrogen-bond donors (Lipinski definition) is 2. The Morgan fingerprint density at radius 3 is 2.70 bits per heavy atom. The molecule has 1 aliphatic carbocycles. The second kappa shape index (κ2) is 6.09. The molecule has 2 heterocycles. The largest absolute Gasteiger partial charge is 0.383 e. The quantitative estimate of drug-likeness (QED) is 0.901. The summed E-state index contributed by atoms with van der Waals surface area (Å²) in [4.78, 5) is 18.9. The van der Waals surface area contributed by atoms with Crippen LogP contribution in [0.1, 0.15) is 25.7 Å². The van der Waals surface area contributed by atoms with Gasteiger partial charge >= 0.3 is 0 Å². The average Bonchev–Trinajstić information content (AvgIpc) is 3.29. The number of aliphatic hydroxyl groups excluding tert-OH is 1. The number of para-hydroxylation sites is 1. The third kappa shape index (κ3) is 3.19. The molecule has 2 aromatic rings. The van der Waals surface area contributed by atoms with Gasteiger partial charge in [-0.05, 0) is 43.7 Å². The summed E-state index contributed by atoms with van der Waals surface area (Å²) >= 11 is 1.71. The zero-order valence-corrected chi connectivity index (χ0v) is 13.8. The molecule has 1 aliphatic heterocycles. The number of aliphatic hydroxyl groups is 1. The molecule has 23 heavy (non-hydrogen) atoms. The number of rotatable bonds is 4. The van der Waals surface area contributed by atoms with E-state index in [1.165, 1.54) is 4.70 Å². The van der Waals surface area contributed by atoms with Crippen LogP contribution in [0.3, 0.4) is 0 Å². The highest BCUT2D eigenvalue weighted by molar-refractivity contribution is 7.22. The molecule has 0 unspecified atom stereocenters. The van der Waals surface area contributed by atoms with Gasteiger partial charge in [0.15, 0.2) is 5.13 Å². The normalized spacial score (nSPS) is 20.7. The summed E-state index contributed by atoms with van der Waals surface area (Å²) in [6.45, 7) is 1.69. The molecule has 1 aromatic carbocycles. The van der Waals surface area contributed by atoms with Gasteiger partial charge in [-0.1, -0.05) is 23.5 Å². The van der Waals surface area contributed by atoms with Gasteiger partial charge in [-0.25, -0.2) is 4.98 Å². The lowest BCUT2D eigenvalue weighted by Crippen LogP contribution is -2.45. The molecular formula is C17H21N3O2S. The van der Waals surface area contributed by atoms with Crippen LogP contribution in [-0.2, 0) is 4.79 Å². The van der Waals surface area contributed by atoms with Crippen molar-refractivity contribution in [3.8, 4) is 0 Å². The van der Waals surface area contributed by atoms with Crippen LogP contribution >= 0.6 is 11.3 Å². The highest BCUT2D eigenvalue weighted by Crippen LogP contribution is 2.32. The number of thiazole rings is 1. The Kier molecular flexibility index (Phi) is 3.95. The van der Waals surface area contributed by atoms with E-state index in [1.807, 2.05) is 18.2 Å². The van der Waals surface area contributed by atoms with E-state index in [2.05, 4.69) is 16.3 Å². The number of anilines is 1. The van der Waals surface area contributed by atoms with Crippen molar-refractivity contribution in [3.05, 3.63) is 24.3 Å². The summed E-state index contributed by atoms with van der Waals surface area (Å²) in [6, 6.07) is 8.47. The van der Waals surface area contributed by atoms with Gasteiger partial charge in [0.2, 0.25) is 5.91 Å². The van der Waals surface area contributed by atoms with Gasteiger partial charge in [0.25, 0.3) is 0 Å². The van der Waals surface area contributed by atoms with Gasteiger partial charge in [-0.15, -0.1) is 0 Å². The average molecular weight is 331 g/mol. The molecule has 1 atom stereocenters. The van der Waals surface area contributed by atoms with E-state index >= 15 is 0 Å². The fraction of sp³-hybridized carbons (Fsp3) is 0.529. The van der Waals surface area contributed by atoms with E-state index < -0.39 is 6.10 Å². The van der Waals surface area contributed by atoms with Gasteiger partial charge < -0.3 is 15.3 Å². The van der Waals surface area contributed by atoms with Crippen LogP contribution in [0.25, 0.3) is 10.2 Å². The molecule has 122 valence electrons. The smallest absolute Gasteiger partial charge is 0.249 e. The molecular weight excluding hydrogens is 310 g/mol. The van der Waals surface area contributed by atoms with E-state index in [0.717, 1.165) is 49.4 Å². The van der Waals surface area contributed by atoms with Crippen LogP contribution < -0.4 is 10.2 Å². The lowest BCUT2D eigenvalue weighted by atomic mass is 9.91. The summed E-state index contributed by atoms with van der Waals surface area (Å²) < 4.78 is 1.20. The van der Waals surface area contributed by atoms with Crippen molar-refractivity contribution in [1.29, 1.82) is 0 Å². The predicted molar refractivity (Wildman–Crippen MR) is 91.7 cm³/mol. The minimum atomic E-state index is -0.867. The van der Waals surface area contributed by atoms with Crippen molar-refractivity contribution in [3.63, 3.8) is 0 Å². The third-order valence-electron chi connectivity index (χ3n) is 4.73. The Morgan fingerprint density at radius 1 is 1.26 bits per heavy atom. The number of carbonyl (C=O) groups excluding carboxylic acids is 1. The van der Waals surface area contributed by atoms with Crippen molar-refractivity contribution in [2.24, 2.45) is 5.92 Å². The van der Waals surface area contributed by atoms with Gasteiger partial charge in [-0.3, -0.25) is 4.79 Å². The number of carbonyl (C=O) groups is 1. The lowest BCUT2D eigenvalue weighted by molar-refractivity contribution is -0.132. The molecule has 6 heteroatoms. The van der Waals surface area contributed by atoms with Gasteiger partial charge in [0.05, 0.1) is 10.2 Å². The summed E-state index contributed by atoms with van der Waals surface area (Å²) in [7, 11) is 0. The Balaban J connectivity index is 1.37. The maximum Gasteiger partial charge on any atom is 0.249 e. The van der Waals surface area contributed by atoms with Crippen LogP contribution in [0.4, 0.5) is 5.13 Å². The number of nitrogens with one attached hydrogen (secondary N) is 1. The Labute approximate surface area is 139 Å². The van der Waals surface area contributed by atoms with Crippen molar-refractivity contribution in [1.82, 2.24) is 10.3 Å². The standard InChI is InChI=1S/C17H21N3O2S/c21-15(16(22)18-12-5-6-12)11-7-9-20(10-8-11)17-19-13-3-1-2-4-14(13)23-17/h1-4,11-12,15,21H,5-10H2,(H,18,22)/t15-/m0/s1. The van der Waals surface area contributed by atoms with Crippen LogP contribution in [0.5, 0.6) is 0 Å². The summed E-state index contributed by atoms with van der Waals surface area (Å²) in [5.41, 5.74) is 1.04. The van der Waals surface area contributed by atoms with E-state index in [9.17, 15) is 9.90 Å². The highest BCUT2D eigenvalue weighted by Gasteiger charge is 2.33. The minimum Gasteiger partial charge on any atom is -0.383 e. The zero-order valence-electron chi connectivity index (χ0n) is 12.9. The molecule has 1 saturated heterocycles. The maximum absolute atomic E-state index is 12.0. The number of benzene rings is 1. The first kappa shape index (κ1) is 14.9.